The van der Waals surface area contributed by atoms with Crippen molar-refractivity contribution < 1.29 is 23.8 Å². The summed E-state index contributed by atoms with van der Waals surface area (Å²) in [6.45, 7) is 0. The van der Waals surface area contributed by atoms with Crippen LogP contribution in [0.4, 0.5) is 0 Å². The van der Waals surface area contributed by atoms with Gasteiger partial charge in [0.25, 0.3) is 0 Å². The van der Waals surface area contributed by atoms with Crippen LogP contribution in [0, 0.1) is 5.92 Å². The molecule has 1 aromatic carbocycles. The molecule has 0 radical (unpaired) electrons. The van der Waals surface area contributed by atoms with Gasteiger partial charge in [-0.1, -0.05) is 12.1 Å². The molecule has 0 bridgehead atoms. The van der Waals surface area contributed by atoms with Gasteiger partial charge in [0.1, 0.15) is 0 Å². The molecule has 1 aliphatic heterocycles. The largest absolute Gasteiger partial charge is 0.493 e. The van der Waals surface area contributed by atoms with Gasteiger partial charge in [0.15, 0.2) is 17.4 Å². The Bertz CT molecular complexity index is 466. The Balaban J connectivity index is 2.36. The number of fused-ring (bicyclic) bond motifs is 1. The van der Waals surface area contributed by atoms with Crippen LogP contribution in [0.25, 0.3) is 0 Å². The molecule has 0 saturated heterocycles. The van der Waals surface area contributed by atoms with Crippen LogP contribution < -0.4 is 9.47 Å². The van der Waals surface area contributed by atoms with Gasteiger partial charge in [-0.3, -0.25) is 9.59 Å². The molecular weight excluding hydrogens is 224 g/mol. The predicted molar refractivity (Wildman–Crippen MR) is 57.8 cm³/mol. The minimum atomic E-state index is -0.889. The number of carbonyl (C=O) groups excluding carboxylic acids is 2. The van der Waals surface area contributed by atoms with Crippen LogP contribution >= 0.6 is 0 Å². The Labute approximate surface area is 98.3 Å². The lowest BCUT2D eigenvalue weighted by Gasteiger charge is -2.22. The summed E-state index contributed by atoms with van der Waals surface area (Å²) < 4.78 is 14.8. The highest BCUT2D eigenvalue weighted by Crippen LogP contribution is 2.36. The van der Waals surface area contributed by atoms with Crippen molar-refractivity contribution in [3.8, 4) is 11.5 Å². The Morgan fingerprint density at radius 3 is 2.82 bits per heavy atom. The van der Waals surface area contributed by atoms with E-state index in [0.29, 0.717) is 11.5 Å². The molecule has 5 nitrogen and oxygen atoms in total. The number of para-hydroxylation sites is 1. The number of hydrogen-bond donors (Lipinski definition) is 0. The zero-order chi connectivity index (χ0) is 12.4. The van der Waals surface area contributed by atoms with Crippen molar-refractivity contribution in [1.29, 1.82) is 0 Å². The SMILES string of the molecule is COC(=O)[C@H]1Cc2cccc(OC)c2OC1=O. The molecule has 0 N–H and O–H groups in total. The predicted octanol–water partition coefficient (Wildman–Crippen LogP) is 0.946. The molecule has 5 heteroatoms. The van der Waals surface area contributed by atoms with E-state index in [4.69, 9.17) is 9.47 Å². The van der Waals surface area contributed by atoms with Gasteiger partial charge in [-0.15, -0.1) is 0 Å². The van der Waals surface area contributed by atoms with Crippen molar-refractivity contribution >= 4 is 11.9 Å². The summed E-state index contributed by atoms with van der Waals surface area (Å²) in [6, 6.07) is 5.27. The summed E-state index contributed by atoms with van der Waals surface area (Å²) in [5.41, 5.74) is 0.763. The number of hydrogen-bond acceptors (Lipinski definition) is 5. The number of methoxy groups -OCH3 is 2. The molecule has 0 fully saturated rings. The topological polar surface area (TPSA) is 61.8 Å². The molecule has 0 aromatic heterocycles. The quantitative estimate of drug-likeness (QED) is 0.434. The van der Waals surface area contributed by atoms with E-state index in [-0.39, 0.29) is 6.42 Å². The van der Waals surface area contributed by atoms with Crippen molar-refractivity contribution in [3.63, 3.8) is 0 Å². The molecule has 90 valence electrons. The Kier molecular flexibility index (Phi) is 2.99. The number of benzene rings is 1. The summed E-state index contributed by atoms with van der Waals surface area (Å²) in [4.78, 5) is 23.0. The van der Waals surface area contributed by atoms with Gasteiger partial charge >= 0.3 is 11.9 Å². The van der Waals surface area contributed by atoms with Crippen LogP contribution in [0.15, 0.2) is 18.2 Å². The maximum atomic E-state index is 11.6. The first-order chi connectivity index (χ1) is 8.17. The highest BCUT2D eigenvalue weighted by molar-refractivity contribution is 5.97. The number of esters is 2. The van der Waals surface area contributed by atoms with Crippen LogP contribution in [-0.2, 0) is 20.7 Å². The van der Waals surface area contributed by atoms with E-state index >= 15 is 0 Å². The summed E-state index contributed by atoms with van der Waals surface area (Å²) in [5, 5.41) is 0. The van der Waals surface area contributed by atoms with Crippen molar-refractivity contribution in [2.24, 2.45) is 5.92 Å². The van der Waals surface area contributed by atoms with Crippen LogP contribution in [-0.4, -0.2) is 26.2 Å². The van der Waals surface area contributed by atoms with Gasteiger partial charge < -0.3 is 14.2 Å². The molecule has 0 saturated carbocycles. The van der Waals surface area contributed by atoms with Gasteiger partial charge in [-0.05, 0) is 6.07 Å². The fourth-order valence-electron chi connectivity index (χ4n) is 1.80. The molecule has 1 heterocycles. The molecule has 0 aliphatic carbocycles. The van der Waals surface area contributed by atoms with Crippen molar-refractivity contribution in [1.82, 2.24) is 0 Å². The summed E-state index contributed by atoms with van der Waals surface area (Å²) >= 11 is 0. The van der Waals surface area contributed by atoms with E-state index in [1.54, 1.807) is 18.2 Å². The number of ether oxygens (including phenoxy) is 3. The lowest BCUT2D eigenvalue weighted by atomic mass is 9.96. The highest BCUT2D eigenvalue weighted by atomic mass is 16.6. The average molecular weight is 236 g/mol. The molecule has 0 amide bonds. The second-order valence-corrected chi connectivity index (χ2v) is 3.65. The average Bonchev–Trinajstić information content (AvgIpc) is 2.36. The van der Waals surface area contributed by atoms with E-state index in [9.17, 15) is 9.59 Å². The third-order valence-corrected chi connectivity index (χ3v) is 2.68. The van der Waals surface area contributed by atoms with Crippen LogP contribution in [0.2, 0.25) is 0 Å². The van der Waals surface area contributed by atoms with Crippen molar-refractivity contribution in [3.05, 3.63) is 23.8 Å². The monoisotopic (exact) mass is 236 g/mol. The Morgan fingerprint density at radius 2 is 2.18 bits per heavy atom. The normalized spacial score (nSPS) is 18.0. The Hall–Kier alpha value is -2.04. The molecular formula is C12H12O5. The lowest BCUT2D eigenvalue weighted by molar-refractivity contribution is -0.156. The zero-order valence-electron chi connectivity index (χ0n) is 9.56. The second kappa shape index (κ2) is 4.45. The molecule has 0 unspecified atom stereocenters. The number of carbonyl (C=O) groups is 2. The van der Waals surface area contributed by atoms with Gasteiger partial charge in [0, 0.05) is 12.0 Å². The zero-order valence-corrected chi connectivity index (χ0v) is 9.56. The lowest BCUT2D eigenvalue weighted by Crippen LogP contribution is -2.34. The third kappa shape index (κ3) is 1.95. The smallest absolute Gasteiger partial charge is 0.326 e. The fourth-order valence-corrected chi connectivity index (χ4v) is 1.80. The van der Waals surface area contributed by atoms with Crippen LogP contribution in [0.5, 0.6) is 11.5 Å². The fraction of sp³-hybridized carbons (Fsp3) is 0.333. The molecule has 2 rings (SSSR count). The minimum absolute atomic E-state index is 0.276. The summed E-state index contributed by atoms with van der Waals surface area (Å²) in [6.07, 6.45) is 0.276. The molecule has 1 aliphatic rings. The van der Waals surface area contributed by atoms with E-state index in [2.05, 4.69) is 4.74 Å². The molecule has 1 aromatic rings. The van der Waals surface area contributed by atoms with E-state index in [0.717, 1.165) is 5.56 Å². The molecule has 0 spiro atoms. The highest BCUT2D eigenvalue weighted by Gasteiger charge is 2.36. The third-order valence-electron chi connectivity index (χ3n) is 2.68. The van der Waals surface area contributed by atoms with E-state index in [1.165, 1.54) is 14.2 Å². The first-order valence-electron chi connectivity index (χ1n) is 5.12. The van der Waals surface area contributed by atoms with Crippen molar-refractivity contribution in [2.75, 3.05) is 14.2 Å². The molecule has 17 heavy (non-hydrogen) atoms. The van der Waals surface area contributed by atoms with Crippen LogP contribution in [0.1, 0.15) is 5.56 Å². The van der Waals surface area contributed by atoms with E-state index < -0.39 is 17.9 Å². The summed E-state index contributed by atoms with van der Waals surface area (Å²) in [5.74, 6) is -1.20. The first kappa shape index (κ1) is 11.4. The van der Waals surface area contributed by atoms with Gasteiger partial charge in [0.2, 0.25) is 0 Å². The van der Waals surface area contributed by atoms with Crippen molar-refractivity contribution in [2.45, 2.75) is 6.42 Å². The van der Waals surface area contributed by atoms with Gasteiger partial charge in [-0.2, -0.15) is 0 Å². The summed E-state index contributed by atoms with van der Waals surface area (Å²) in [7, 11) is 2.74. The minimum Gasteiger partial charge on any atom is -0.493 e. The van der Waals surface area contributed by atoms with E-state index in [1.807, 2.05) is 0 Å². The second-order valence-electron chi connectivity index (χ2n) is 3.65. The maximum absolute atomic E-state index is 11.6. The molecule has 1 atom stereocenters. The Morgan fingerprint density at radius 1 is 1.41 bits per heavy atom. The maximum Gasteiger partial charge on any atom is 0.326 e. The van der Waals surface area contributed by atoms with Gasteiger partial charge in [-0.25, -0.2) is 0 Å². The first-order valence-corrected chi connectivity index (χ1v) is 5.12. The van der Waals surface area contributed by atoms with Crippen LogP contribution in [0.3, 0.4) is 0 Å². The standard InChI is InChI=1S/C12H12O5/c1-15-9-5-3-4-7-6-8(11(13)16-2)12(14)17-10(7)9/h3-5,8H,6H2,1-2H3/t8-/m1/s1. The van der Waals surface area contributed by atoms with Gasteiger partial charge in [0.05, 0.1) is 14.2 Å². The number of rotatable bonds is 2.